The van der Waals surface area contributed by atoms with Gasteiger partial charge in [0.25, 0.3) is 0 Å². The molecule has 0 spiro atoms. The van der Waals surface area contributed by atoms with Crippen LogP contribution in [0, 0.1) is 0 Å². The van der Waals surface area contributed by atoms with Gasteiger partial charge in [0.15, 0.2) is 0 Å². The number of alkyl halides is 3. The molecule has 0 aliphatic rings. The summed E-state index contributed by atoms with van der Waals surface area (Å²) in [6, 6.07) is 12.1. The van der Waals surface area contributed by atoms with Gasteiger partial charge in [-0.05, 0) is 64.1 Å². The second-order valence-corrected chi connectivity index (χ2v) is 7.72. The van der Waals surface area contributed by atoms with Gasteiger partial charge < -0.3 is 10.6 Å². The van der Waals surface area contributed by atoms with Crippen molar-refractivity contribution in [3.8, 4) is 11.3 Å². The van der Waals surface area contributed by atoms with E-state index in [1.54, 1.807) is 22.9 Å². The van der Waals surface area contributed by atoms with Gasteiger partial charge in [-0.15, -0.1) is 0 Å². The van der Waals surface area contributed by atoms with Crippen LogP contribution in [0.5, 0.6) is 0 Å². The highest BCUT2D eigenvalue weighted by Crippen LogP contribution is 2.37. The summed E-state index contributed by atoms with van der Waals surface area (Å²) >= 11 is 3.24. The van der Waals surface area contributed by atoms with Crippen molar-refractivity contribution in [1.29, 1.82) is 0 Å². The highest BCUT2D eigenvalue weighted by Gasteiger charge is 2.29. The van der Waals surface area contributed by atoms with Gasteiger partial charge in [0.1, 0.15) is 5.69 Å². The molecule has 28 heavy (non-hydrogen) atoms. The lowest BCUT2D eigenvalue weighted by Crippen LogP contribution is -2.19. The van der Waals surface area contributed by atoms with Crippen molar-refractivity contribution in [1.82, 2.24) is 9.78 Å². The number of amides is 2. The molecule has 0 bridgehead atoms. The first-order chi connectivity index (χ1) is 13.2. The van der Waals surface area contributed by atoms with Crippen molar-refractivity contribution in [3.63, 3.8) is 0 Å². The largest absolute Gasteiger partial charge is 0.446 e. The quantitative estimate of drug-likeness (QED) is 0.452. The number of urea groups is 1. The molecular formula is C18H14BrF3N4OS. The minimum atomic E-state index is -4.35. The number of aryl methyl sites for hydroxylation is 1. The fourth-order valence-electron chi connectivity index (χ4n) is 2.43. The Labute approximate surface area is 171 Å². The predicted molar refractivity (Wildman–Crippen MR) is 107 cm³/mol. The topological polar surface area (TPSA) is 59.0 Å². The Hall–Kier alpha value is -2.46. The summed E-state index contributed by atoms with van der Waals surface area (Å²) in [6.07, 6.45) is 1.82. The van der Waals surface area contributed by atoms with Crippen LogP contribution < -0.4 is 10.6 Å². The molecule has 3 aromatic rings. The van der Waals surface area contributed by atoms with Crippen LogP contribution in [0.15, 0.2) is 64.1 Å². The lowest BCUT2D eigenvalue weighted by Gasteiger charge is -2.10. The number of hydrogen-bond acceptors (Lipinski definition) is 3. The summed E-state index contributed by atoms with van der Waals surface area (Å²) in [5.41, 5.74) is -1.85. The molecule has 1 aromatic heterocycles. The SMILES string of the molecule is Cn1cc(Br)c(-c2cccc(NC(=O)Nc3ccc(SC(F)(F)F)cc3)c2)n1. The molecule has 0 aliphatic heterocycles. The third-order valence-corrected chi connectivity index (χ3v) is 4.84. The molecule has 3 rings (SSSR count). The van der Waals surface area contributed by atoms with Crippen LogP contribution in [0.4, 0.5) is 29.3 Å². The lowest BCUT2D eigenvalue weighted by atomic mass is 10.1. The third-order valence-electron chi connectivity index (χ3n) is 3.52. The van der Waals surface area contributed by atoms with Gasteiger partial charge in [-0.3, -0.25) is 4.68 Å². The second-order valence-electron chi connectivity index (χ2n) is 5.73. The van der Waals surface area contributed by atoms with Gasteiger partial charge in [0.2, 0.25) is 0 Å². The average molecular weight is 471 g/mol. The van der Waals surface area contributed by atoms with E-state index in [4.69, 9.17) is 0 Å². The normalized spacial score (nSPS) is 11.3. The first-order valence-corrected chi connectivity index (χ1v) is 9.54. The van der Waals surface area contributed by atoms with Crippen LogP contribution in [-0.4, -0.2) is 21.3 Å². The molecule has 0 unspecified atom stereocenters. The van der Waals surface area contributed by atoms with Crippen LogP contribution in [0.2, 0.25) is 0 Å². The molecule has 0 atom stereocenters. The molecule has 2 N–H and O–H groups in total. The zero-order valence-corrected chi connectivity index (χ0v) is 16.8. The molecule has 0 radical (unpaired) electrons. The van der Waals surface area contributed by atoms with Crippen molar-refractivity contribution >= 4 is 45.1 Å². The number of carbonyl (C=O) groups is 1. The molecular weight excluding hydrogens is 457 g/mol. The molecule has 2 aromatic carbocycles. The number of nitrogens with one attached hydrogen (secondary N) is 2. The number of nitrogens with zero attached hydrogens (tertiary/aromatic N) is 2. The third kappa shape index (κ3) is 5.52. The highest BCUT2D eigenvalue weighted by atomic mass is 79.9. The maximum Gasteiger partial charge on any atom is 0.446 e. The monoisotopic (exact) mass is 470 g/mol. The smallest absolute Gasteiger partial charge is 0.308 e. The molecule has 2 amide bonds. The van der Waals surface area contributed by atoms with Crippen LogP contribution in [0.3, 0.4) is 0 Å². The molecule has 0 saturated carbocycles. The Balaban J connectivity index is 1.65. The summed E-state index contributed by atoms with van der Waals surface area (Å²) in [4.78, 5) is 12.2. The molecule has 0 aliphatic carbocycles. The van der Waals surface area contributed by atoms with Gasteiger partial charge in [-0.2, -0.15) is 18.3 Å². The van der Waals surface area contributed by atoms with E-state index in [0.717, 1.165) is 15.7 Å². The Kier molecular flexibility index (Phi) is 5.99. The van der Waals surface area contributed by atoms with Gasteiger partial charge in [-0.1, -0.05) is 12.1 Å². The Morgan fingerprint density at radius 3 is 2.39 bits per heavy atom. The summed E-state index contributed by atoms with van der Waals surface area (Å²) in [6.45, 7) is 0. The second kappa shape index (κ2) is 8.27. The number of thioether (sulfide) groups is 1. The van der Waals surface area contributed by atoms with E-state index < -0.39 is 11.5 Å². The van der Waals surface area contributed by atoms with E-state index in [0.29, 0.717) is 11.4 Å². The van der Waals surface area contributed by atoms with Crippen LogP contribution >= 0.6 is 27.7 Å². The van der Waals surface area contributed by atoms with E-state index in [2.05, 4.69) is 31.7 Å². The van der Waals surface area contributed by atoms with E-state index in [9.17, 15) is 18.0 Å². The summed E-state index contributed by atoms with van der Waals surface area (Å²) < 4.78 is 39.6. The van der Waals surface area contributed by atoms with Gasteiger partial charge in [-0.25, -0.2) is 4.79 Å². The van der Waals surface area contributed by atoms with E-state index in [-0.39, 0.29) is 16.7 Å². The maximum atomic E-state index is 12.4. The van der Waals surface area contributed by atoms with Crippen molar-refractivity contribution in [3.05, 3.63) is 59.2 Å². The maximum absolute atomic E-state index is 12.4. The molecule has 146 valence electrons. The van der Waals surface area contributed by atoms with Crippen LogP contribution in [0.25, 0.3) is 11.3 Å². The summed E-state index contributed by atoms with van der Waals surface area (Å²) in [7, 11) is 1.81. The number of aromatic nitrogens is 2. The van der Waals surface area contributed by atoms with E-state index in [1.807, 2.05) is 19.3 Å². The molecule has 1 heterocycles. The number of carbonyl (C=O) groups excluding carboxylic acids is 1. The summed E-state index contributed by atoms with van der Waals surface area (Å²) in [5.74, 6) is 0. The highest BCUT2D eigenvalue weighted by molar-refractivity contribution is 9.10. The Morgan fingerprint density at radius 1 is 1.11 bits per heavy atom. The average Bonchev–Trinajstić information content (AvgIpc) is 2.94. The minimum absolute atomic E-state index is 0.0482. The first kappa shape index (κ1) is 20.3. The molecule has 0 fully saturated rings. The first-order valence-electron chi connectivity index (χ1n) is 7.93. The van der Waals surface area contributed by atoms with E-state index in [1.165, 1.54) is 24.3 Å². The summed E-state index contributed by atoms with van der Waals surface area (Å²) in [5, 5.41) is 9.64. The van der Waals surface area contributed by atoms with Gasteiger partial charge >= 0.3 is 11.5 Å². The van der Waals surface area contributed by atoms with Crippen molar-refractivity contribution < 1.29 is 18.0 Å². The fraction of sp³-hybridized carbons (Fsp3) is 0.111. The molecule has 5 nitrogen and oxygen atoms in total. The van der Waals surface area contributed by atoms with Gasteiger partial charge in [0.05, 0.1) is 4.47 Å². The van der Waals surface area contributed by atoms with E-state index >= 15 is 0 Å². The number of benzene rings is 2. The van der Waals surface area contributed by atoms with Crippen molar-refractivity contribution in [2.45, 2.75) is 10.4 Å². The van der Waals surface area contributed by atoms with Crippen molar-refractivity contribution in [2.75, 3.05) is 10.6 Å². The number of anilines is 2. The fourth-order valence-corrected chi connectivity index (χ4v) is 3.58. The Bertz CT molecular complexity index is 989. The standard InChI is InChI=1S/C18H14BrF3N4OS/c1-26-10-15(19)16(25-26)11-3-2-4-13(9-11)24-17(27)23-12-5-7-14(8-6-12)28-18(20,21)22/h2-10H,1H3,(H2,23,24,27). The molecule has 10 heteroatoms. The minimum Gasteiger partial charge on any atom is -0.308 e. The zero-order valence-electron chi connectivity index (χ0n) is 14.4. The van der Waals surface area contributed by atoms with Gasteiger partial charge in [0, 0.05) is 35.1 Å². The Morgan fingerprint density at radius 2 is 1.79 bits per heavy atom. The lowest BCUT2D eigenvalue weighted by molar-refractivity contribution is -0.0328. The zero-order chi connectivity index (χ0) is 20.3. The van der Waals surface area contributed by atoms with Crippen LogP contribution in [-0.2, 0) is 7.05 Å². The number of hydrogen-bond donors (Lipinski definition) is 2. The number of rotatable bonds is 4. The predicted octanol–water partition coefficient (Wildman–Crippen LogP) is 6.11. The van der Waals surface area contributed by atoms with Crippen molar-refractivity contribution in [2.24, 2.45) is 7.05 Å². The molecule has 0 saturated heterocycles. The number of halogens is 4. The van der Waals surface area contributed by atoms with Crippen LogP contribution in [0.1, 0.15) is 0 Å².